The largest absolute Gasteiger partial charge is 0.497 e. The molecule has 0 heterocycles. The lowest BCUT2D eigenvalue weighted by atomic mass is 10.1. The molecular formula is C13H16O2. The molecule has 2 heteroatoms. The van der Waals surface area contributed by atoms with Crippen LogP contribution in [0.2, 0.25) is 0 Å². The summed E-state index contributed by atoms with van der Waals surface area (Å²) in [6, 6.07) is 5.75. The van der Waals surface area contributed by atoms with E-state index in [0.717, 1.165) is 17.1 Å². The van der Waals surface area contributed by atoms with Gasteiger partial charge in [0, 0.05) is 11.6 Å². The summed E-state index contributed by atoms with van der Waals surface area (Å²) in [5.41, 5.74) is 1.04. The molecule has 2 nitrogen and oxygen atoms in total. The molecule has 0 atom stereocenters. The van der Waals surface area contributed by atoms with Crippen LogP contribution in [0.4, 0.5) is 0 Å². The van der Waals surface area contributed by atoms with Crippen LogP contribution >= 0.6 is 0 Å². The minimum absolute atomic E-state index is 0.801. The predicted molar refractivity (Wildman–Crippen MR) is 63.4 cm³/mol. The van der Waals surface area contributed by atoms with Gasteiger partial charge >= 0.3 is 0 Å². The fraction of sp³-hybridized carbons (Fsp3) is 0.231. The van der Waals surface area contributed by atoms with Crippen LogP contribution in [0.15, 0.2) is 36.4 Å². The van der Waals surface area contributed by atoms with Crippen molar-refractivity contribution in [2.24, 2.45) is 0 Å². The van der Waals surface area contributed by atoms with Gasteiger partial charge in [-0.15, -0.1) is 0 Å². The van der Waals surface area contributed by atoms with Crippen LogP contribution in [0, 0.1) is 0 Å². The van der Waals surface area contributed by atoms with E-state index in [2.05, 4.69) is 0 Å². The van der Waals surface area contributed by atoms with Crippen LogP contribution in [-0.2, 0) is 0 Å². The third kappa shape index (κ3) is 3.17. The average Bonchev–Trinajstić information content (AvgIpc) is 2.29. The smallest absolute Gasteiger partial charge is 0.129 e. The first-order valence-corrected chi connectivity index (χ1v) is 4.83. The second kappa shape index (κ2) is 5.91. The van der Waals surface area contributed by atoms with E-state index < -0.39 is 0 Å². The number of rotatable bonds is 4. The zero-order valence-corrected chi connectivity index (χ0v) is 9.36. The van der Waals surface area contributed by atoms with Gasteiger partial charge in [-0.2, -0.15) is 0 Å². The van der Waals surface area contributed by atoms with Gasteiger partial charge in [0.15, 0.2) is 0 Å². The molecule has 1 aromatic carbocycles. The first-order valence-electron chi connectivity index (χ1n) is 4.83. The van der Waals surface area contributed by atoms with Crippen molar-refractivity contribution in [2.45, 2.75) is 6.92 Å². The van der Waals surface area contributed by atoms with Crippen LogP contribution in [0.5, 0.6) is 11.5 Å². The maximum atomic E-state index is 5.26. The Labute approximate surface area is 90.8 Å². The first-order chi connectivity index (χ1) is 7.31. The Hall–Kier alpha value is -1.70. The fourth-order valence-electron chi connectivity index (χ4n) is 1.23. The summed E-state index contributed by atoms with van der Waals surface area (Å²) in [6.45, 7) is 1.98. The van der Waals surface area contributed by atoms with Gasteiger partial charge in [0.25, 0.3) is 0 Å². The summed E-state index contributed by atoms with van der Waals surface area (Å²) in [6.07, 6.45) is 7.93. The maximum Gasteiger partial charge on any atom is 0.129 e. The molecule has 0 unspecified atom stereocenters. The Morgan fingerprint density at radius 2 is 1.87 bits per heavy atom. The highest BCUT2D eigenvalue weighted by Gasteiger charge is 2.00. The molecule has 1 rings (SSSR count). The number of hydrogen-bond donors (Lipinski definition) is 0. The van der Waals surface area contributed by atoms with Gasteiger partial charge in [-0.05, 0) is 19.1 Å². The lowest BCUT2D eigenvalue weighted by Crippen LogP contribution is -1.89. The summed E-state index contributed by atoms with van der Waals surface area (Å²) >= 11 is 0. The number of ether oxygens (including phenoxy) is 2. The molecule has 0 saturated carbocycles. The molecule has 0 fully saturated rings. The van der Waals surface area contributed by atoms with Crippen LogP contribution < -0.4 is 9.47 Å². The normalized spacial score (nSPS) is 11.1. The van der Waals surface area contributed by atoms with Crippen molar-refractivity contribution in [1.82, 2.24) is 0 Å². The third-order valence-electron chi connectivity index (χ3n) is 2.02. The van der Waals surface area contributed by atoms with E-state index in [1.807, 2.05) is 49.4 Å². The highest BCUT2D eigenvalue weighted by Crippen LogP contribution is 2.25. The van der Waals surface area contributed by atoms with Gasteiger partial charge in [0.05, 0.1) is 14.2 Å². The van der Waals surface area contributed by atoms with Gasteiger partial charge in [0.2, 0.25) is 0 Å². The standard InChI is InChI=1S/C13H16O2/c1-4-5-6-7-11-8-9-12(14-2)10-13(11)15-3/h4-10H,1-3H3/b5-4+,7-6+. The quantitative estimate of drug-likeness (QED) is 0.701. The number of allylic oxidation sites excluding steroid dienone is 3. The van der Waals surface area contributed by atoms with Gasteiger partial charge in [0.1, 0.15) is 11.5 Å². The molecule has 0 aromatic heterocycles. The van der Waals surface area contributed by atoms with E-state index in [0.29, 0.717) is 0 Å². The lowest BCUT2D eigenvalue weighted by molar-refractivity contribution is 0.394. The Balaban J connectivity index is 2.97. The van der Waals surface area contributed by atoms with Crippen molar-refractivity contribution < 1.29 is 9.47 Å². The van der Waals surface area contributed by atoms with Crippen molar-refractivity contribution >= 4 is 6.08 Å². The summed E-state index contributed by atoms with van der Waals surface area (Å²) in [4.78, 5) is 0. The number of benzene rings is 1. The molecule has 0 N–H and O–H groups in total. The number of hydrogen-bond acceptors (Lipinski definition) is 2. The molecule has 15 heavy (non-hydrogen) atoms. The average molecular weight is 204 g/mol. The number of methoxy groups -OCH3 is 2. The molecule has 0 aliphatic rings. The zero-order valence-electron chi connectivity index (χ0n) is 9.36. The summed E-state index contributed by atoms with van der Waals surface area (Å²) < 4.78 is 10.4. The summed E-state index contributed by atoms with van der Waals surface area (Å²) in [5.74, 6) is 1.62. The van der Waals surface area contributed by atoms with Crippen LogP contribution in [-0.4, -0.2) is 14.2 Å². The SMILES string of the molecule is C/C=C/C=C/c1ccc(OC)cc1OC. The predicted octanol–water partition coefficient (Wildman–Crippen LogP) is 3.29. The van der Waals surface area contributed by atoms with Crippen LogP contribution in [0.3, 0.4) is 0 Å². The molecule has 1 aromatic rings. The van der Waals surface area contributed by atoms with Crippen LogP contribution in [0.25, 0.3) is 6.08 Å². The Bertz CT molecular complexity index is 365. The molecule has 80 valence electrons. The highest BCUT2D eigenvalue weighted by atomic mass is 16.5. The molecular weight excluding hydrogens is 188 g/mol. The Morgan fingerprint density at radius 1 is 1.07 bits per heavy atom. The lowest BCUT2D eigenvalue weighted by Gasteiger charge is -2.06. The molecule has 0 bridgehead atoms. The Kier molecular flexibility index (Phi) is 4.48. The van der Waals surface area contributed by atoms with E-state index in [1.165, 1.54) is 0 Å². The van der Waals surface area contributed by atoms with Gasteiger partial charge < -0.3 is 9.47 Å². The molecule has 0 spiro atoms. The minimum Gasteiger partial charge on any atom is -0.497 e. The molecule has 0 saturated heterocycles. The van der Waals surface area contributed by atoms with Gasteiger partial charge in [-0.1, -0.05) is 24.3 Å². The molecule has 0 aliphatic carbocycles. The van der Waals surface area contributed by atoms with Crippen molar-refractivity contribution in [3.63, 3.8) is 0 Å². The first kappa shape index (κ1) is 11.4. The molecule has 0 aliphatic heterocycles. The van der Waals surface area contributed by atoms with Crippen molar-refractivity contribution in [3.8, 4) is 11.5 Å². The molecule has 0 amide bonds. The third-order valence-corrected chi connectivity index (χ3v) is 2.02. The summed E-state index contributed by atoms with van der Waals surface area (Å²) in [5, 5.41) is 0. The Morgan fingerprint density at radius 3 is 2.47 bits per heavy atom. The second-order valence-corrected chi connectivity index (χ2v) is 2.99. The van der Waals surface area contributed by atoms with E-state index in [4.69, 9.17) is 9.47 Å². The maximum absolute atomic E-state index is 5.26. The van der Waals surface area contributed by atoms with Crippen molar-refractivity contribution in [1.29, 1.82) is 0 Å². The van der Waals surface area contributed by atoms with Crippen molar-refractivity contribution in [2.75, 3.05) is 14.2 Å². The van der Waals surface area contributed by atoms with Gasteiger partial charge in [-0.3, -0.25) is 0 Å². The van der Waals surface area contributed by atoms with Gasteiger partial charge in [-0.25, -0.2) is 0 Å². The monoisotopic (exact) mass is 204 g/mol. The minimum atomic E-state index is 0.801. The van der Waals surface area contributed by atoms with E-state index in [1.54, 1.807) is 14.2 Å². The highest BCUT2D eigenvalue weighted by molar-refractivity contribution is 5.60. The topological polar surface area (TPSA) is 18.5 Å². The zero-order chi connectivity index (χ0) is 11.1. The second-order valence-electron chi connectivity index (χ2n) is 2.99. The fourth-order valence-corrected chi connectivity index (χ4v) is 1.23. The summed E-state index contributed by atoms with van der Waals surface area (Å²) in [7, 11) is 3.30. The van der Waals surface area contributed by atoms with Crippen LogP contribution in [0.1, 0.15) is 12.5 Å². The van der Waals surface area contributed by atoms with E-state index >= 15 is 0 Å². The van der Waals surface area contributed by atoms with E-state index in [9.17, 15) is 0 Å². The van der Waals surface area contributed by atoms with E-state index in [-0.39, 0.29) is 0 Å². The molecule has 0 radical (unpaired) electrons. The van der Waals surface area contributed by atoms with Crippen molar-refractivity contribution in [3.05, 3.63) is 42.0 Å².